The van der Waals surface area contributed by atoms with Gasteiger partial charge in [-0.2, -0.15) is 0 Å². The molecule has 0 heterocycles. The number of rotatable bonds is 6. The molecule has 0 amide bonds. The summed E-state index contributed by atoms with van der Waals surface area (Å²) in [5.74, 6) is 1.17. The molecule has 17 heteroatoms. The topological polar surface area (TPSA) is 379 Å². The highest BCUT2D eigenvalue weighted by Gasteiger charge is 1.96. The molecular formula is C68H102N8O9. The van der Waals surface area contributed by atoms with Crippen LogP contribution in [0.15, 0.2) is 206 Å². The molecule has 0 unspecified atom stereocenters. The summed E-state index contributed by atoms with van der Waals surface area (Å²) in [5, 5.41) is 70.4. The third-order valence-electron chi connectivity index (χ3n) is 9.18. The van der Waals surface area contributed by atoms with E-state index in [0.717, 1.165) is 19.6 Å². The van der Waals surface area contributed by atoms with Crippen LogP contribution in [-0.2, 0) is 4.74 Å². The van der Waals surface area contributed by atoms with Crippen molar-refractivity contribution >= 4 is 45.5 Å². The van der Waals surface area contributed by atoms with E-state index in [1.54, 1.807) is 194 Å². The van der Waals surface area contributed by atoms with Crippen LogP contribution in [0.2, 0.25) is 0 Å². The van der Waals surface area contributed by atoms with E-state index in [1.807, 2.05) is 6.92 Å². The number of nitrogen functional groups attached to an aromatic ring is 8. The Bertz CT molecular complexity index is 2160. The van der Waals surface area contributed by atoms with Crippen molar-refractivity contribution in [2.24, 2.45) is 5.41 Å². The molecule has 8 rings (SSSR count). The van der Waals surface area contributed by atoms with Gasteiger partial charge >= 0.3 is 0 Å². The molecule has 0 fully saturated rings. The van der Waals surface area contributed by atoms with Crippen LogP contribution < -0.4 is 45.9 Å². The van der Waals surface area contributed by atoms with Gasteiger partial charge in [0.25, 0.3) is 0 Å². The molecule has 0 aliphatic carbocycles. The molecule has 0 saturated heterocycles. The summed E-state index contributed by atoms with van der Waals surface area (Å²) >= 11 is 0. The third kappa shape index (κ3) is 53.3. The smallest absolute Gasteiger partial charge is 0.138 e. The first-order valence-electron chi connectivity index (χ1n) is 27.7. The van der Waals surface area contributed by atoms with Gasteiger partial charge in [-0.15, -0.1) is 0 Å². The number of phenolic OH excluding ortho intramolecular Hbond substituents is 8. The number of phenols is 8. The fourth-order valence-corrected chi connectivity index (χ4v) is 4.52. The van der Waals surface area contributed by atoms with Gasteiger partial charge < -0.3 is 91.5 Å². The Morgan fingerprint density at radius 3 is 0.482 bits per heavy atom. The molecule has 24 N–H and O–H groups in total. The molecule has 17 nitrogen and oxygen atoms in total. The van der Waals surface area contributed by atoms with Crippen LogP contribution in [0.5, 0.6) is 46.0 Å². The van der Waals surface area contributed by atoms with Gasteiger partial charge in [-0.05, 0) is 129 Å². The molecule has 0 bridgehead atoms. The standard InChI is InChI=1S/8C6H7NO.C6H12.C5H12O.C5H12.C4H10/c8*7-5-3-1-2-4-6(5)8;2*1-3-5-6-4-2;1-5(2,3)4;1-3-4-2/h8*1-4,8H,7H2;5-6H,3-4H2,1-2H3;3-5H2,1-2H3;1-4H3;3-4H2,1-2H3/b;;;;;;;;6-5+;;;. The lowest BCUT2D eigenvalue weighted by atomic mass is 10.0. The molecule has 0 radical (unpaired) electrons. The molecule has 0 atom stereocenters. The normalized spacial score (nSPS) is 9.20. The van der Waals surface area contributed by atoms with E-state index in [9.17, 15) is 0 Å². The first kappa shape index (κ1) is 81.7. The quantitative estimate of drug-likeness (QED) is 0.0318. The maximum absolute atomic E-state index is 8.79. The van der Waals surface area contributed by atoms with Crippen LogP contribution in [0, 0.1) is 5.41 Å². The zero-order valence-corrected chi connectivity index (χ0v) is 51.7. The van der Waals surface area contributed by atoms with Crippen molar-refractivity contribution in [3.8, 4) is 46.0 Å². The van der Waals surface area contributed by atoms with Crippen molar-refractivity contribution < 1.29 is 45.6 Å². The van der Waals surface area contributed by atoms with Gasteiger partial charge in [0, 0.05) is 13.2 Å². The van der Waals surface area contributed by atoms with Crippen molar-refractivity contribution in [1.82, 2.24) is 0 Å². The van der Waals surface area contributed by atoms with Crippen LogP contribution in [0.3, 0.4) is 0 Å². The molecule has 8 aromatic carbocycles. The summed E-state index contributed by atoms with van der Waals surface area (Å²) in [6, 6.07) is 53.6. The van der Waals surface area contributed by atoms with Gasteiger partial charge in [0.15, 0.2) is 0 Å². The summed E-state index contributed by atoms with van der Waals surface area (Å²) in [5.41, 5.74) is 46.0. The van der Waals surface area contributed by atoms with Crippen LogP contribution in [0.25, 0.3) is 0 Å². The second kappa shape index (κ2) is 53.6. The minimum absolute atomic E-state index is 0.146. The van der Waals surface area contributed by atoms with Gasteiger partial charge in [-0.1, -0.05) is 184 Å². The zero-order valence-electron chi connectivity index (χ0n) is 51.7. The molecular weight excluding hydrogens is 1070 g/mol. The largest absolute Gasteiger partial charge is 0.506 e. The van der Waals surface area contributed by atoms with E-state index >= 15 is 0 Å². The fraction of sp³-hybridized carbons (Fsp3) is 0.265. The average molecular weight is 1180 g/mol. The highest BCUT2D eigenvalue weighted by Crippen LogP contribution is 2.21. The summed E-state index contributed by atoms with van der Waals surface area (Å²) in [6.45, 7) is 23.3. The van der Waals surface area contributed by atoms with Crippen molar-refractivity contribution in [3.63, 3.8) is 0 Å². The monoisotopic (exact) mass is 1170 g/mol. The minimum Gasteiger partial charge on any atom is -0.506 e. The van der Waals surface area contributed by atoms with Gasteiger partial charge in [-0.3, -0.25) is 0 Å². The summed E-state index contributed by atoms with van der Waals surface area (Å²) in [4.78, 5) is 0. The molecule has 8 aromatic rings. The maximum atomic E-state index is 8.79. The van der Waals surface area contributed by atoms with Crippen LogP contribution in [0.1, 0.15) is 101 Å². The van der Waals surface area contributed by atoms with Crippen molar-refractivity contribution in [2.75, 3.05) is 59.1 Å². The summed E-state index contributed by atoms with van der Waals surface area (Å²) in [7, 11) is 0. The molecule has 0 aromatic heterocycles. The highest BCUT2D eigenvalue weighted by molar-refractivity contribution is 5.54. The van der Waals surface area contributed by atoms with E-state index in [1.165, 1.54) is 25.7 Å². The summed E-state index contributed by atoms with van der Waals surface area (Å²) < 4.78 is 4.98. The van der Waals surface area contributed by atoms with Gasteiger partial charge in [0.2, 0.25) is 0 Å². The number of anilines is 8. The number of hydrogen-bond donors (Lipinski definition) is 16. The molecule has 0 spiro atoms. The fourth-order valence-electron chi connectivity index (χ4n) is 4.52. The number of para-hydroxylation sites is 16. The predicted molar refractivity (Wildman–Crippen MR) is 362 cm³/mol. The van der Waals surface area contributed by atoms with E-state index in [4.69, 9.17) is 91.5 Å². The number of aromatic hydroxyl groups is 8. The number of ether oxygens (including phenoxy) is 1. The maximum Gasteiger partial charge on any atom is 0.138 e. The SMILES string of the molecule is CC(C)(C)C.CC/C=C/CC.CCCC.CCCOCC.Nc1ccccc1O.Nc1ccccc1O.Nc1ccccc1O.Nc1ccccc1O.Nc1ccccc1O.Nc1ccccc1O.Nc1ccccc1O.Nc1ccccc1O. The summed E-state index contributed by atoms with van der Waals surface area (Å²) in [6.07, 6.45) is 10.5. The van der Waals surface area contributed by atoms with Crippen molar-refractivity contribution in [1.29, 1.82) is 0 Å². The van der Waals surface area contributed by atoms with E-state index in [-0.39, 0.29) is 46.0 Å². The van der Waals surface area contributed by atoms with E-state index in [2.05, 4.69) is 74.5 Å². The second-order valence-corrected chi connectivity index (χ2v) is 19.0. The number of nitrogens with two attached hydrogens (primary N) is 8. The number of benzene rings is 8. The Morgan fingerprint density at radius 1 is 0.282 bits per heavy atom. The van der Waals surface area contributed by atoms with Crippen LogP contribution in [0.4, 0.5) is 45.5 Å². The highest BCUT2D eigenvalue weighted by atomic mass is 16.5. The Kier molecular flexibility index (Phi) is 51.5. The lowest BCUT2D eigenvalue weighted by molar-refractivity contribution is 0.148. The molecule has 0 saturated carbocycles. The predicted octanol–water partition coefficient (Wildman–Crippen LogP) is 15.4. The van der Waals surface area contributed by atoms with Gasteiger partial charge in [-0.25, -0.2) is 0 Å². The van der Waals surface area contributed by atoms with Crippen LogP contribution in [-0.4, -0.2) is 54.1 Å². The molecule has 0 aliphatic heterocycles. The Labute approximate surface area is 507 Å². The Morgan fingerprint density at radius 2 is 0.424 bits per heavy atom. The molecule has 0 aliphatic rings. The van der Waals surface area contributed by atoms with Crippen molar-refractivity contribution in [2.45, 2.75) is 101 Å². The first-order valence-corrected chi connectivity index (χ1v) is 27.7. The second-order valence-electron chi connectivity index (χ2n) is 19.0. The molecule has 85 heavy (non-hydrogen) atoms. The zero-order chi connectivity index (χ0) is 65.4. The molecule has 468 valence electrons. The number of hydrogen-bond acceptors (Lipinski definition) is 17. The average Bonchev–Trinajstić information content (AvgIpc) is 3.49. The minimum atomic E-state index is 0.146. The van der Waals surface area contributed by atoms with Crippen LogP contribution >= 0.6 is 0 Å². The first-order chi connectivity index (χ1) is 40.2. The lowest BCUT2D eigenvalue weighted by Crippen LogP contribution is -1.93. The Hall–Kier alpha value is -9.74. The third-order valence-corrected chi connectivity index (χ3v) is 9.18. The van der Waals surface area contributed by atoms with Crippen molar-refractivity contribution in [3.05, 3.63) is 206 Å². The lowest BCUT2D eigenvalue weighted by Gasteiger charge is -2.05. The number of allylic oxidation sites excluding steroid dienone is 2. The van der Waals surface area contributed by atoms with Gasteiger partial charge in [0.1, 0.15) is 46.0 Å². The Balaban J connectivity index is -0.000000423. The number of unbranched alkanes of at least 4 members (excludes halogenated alkanes) is 1. The van der Waals surface area contributed by atoms with Gasteiger partial charge in [0.05, 0.1) is 45.5 Å². The van der Waals surface area contributed by atoms with E-state index < -0.39 is 0 Å². The van der Waals surface area contributed by atoms with E-state index in [0.29, 0.717) is 50.9 Å².